The third kappa shape index (κ3) is 4.06. The maximum Gasteiger partial charge on any atom is 0.262 e. The largest absolute Gasteiger partial charge is 0.277 e. The number of anilines is 1. The van der Waals surface area contributed by atoms with E-state index in [-0.39, 0.29) is 22.4 Å². The zero-order valence-corrected chi connectivity index (χ0v) is 17.0. The van der Waals surface area contributed by atoms with Gasteiger partial charge in [0.05, 0.1) is 10.6 Å². The first kappa shape index (κ1) is 20.0. The molecule has 1 heterocycles. The highest BCUT2D eigenvalue weighted by Gasteiger charge is 2.23. The summed E-state index contributed by atoms with van der Waals surface area (Å²) in [5.41, 5.74) is 1.97. The van der Waals surface area contributed by atoms with Crippen LogP contribution in [0, 0.1) is 5.82 Å². The monoisotopic (exact) mass is 402 g/mol. The summed E-state index contributed by atoms with van der Waals surface area (Å²) in [6.07, 6.45) is 1.33. The van der Waals surface area contributed by atoms with Crippen LogP contribution in [0.4, 0.5) is 10.1 Å². The van der Waals surface area contributed by atoms with E-state index < -0.39 is 15.8 Å². The van der Waals surface area contributed by atoms with Crippen LogP contribution in [0.25, 0.3) is 11.4 Å². The second-order valence-corrected chi connectivity index (χ2v) is 8.89. The van der Waals surface area contributed by atoms with Crippen LogP contribution in [0.1, 0.15) is 50.7 Å². The molecule has 28 heavy (non-hydrogen) atoms. The minimum atomic E-state index is -3.99. The fraction of sp³-hybridized carbons (Fsp3) is 0.300. The predicted octanol–water partition coefficient (Wildman–Crippen LogP) is 4.66. The summed E-state index contributed by atoms with van der Waals surface area (Å²) in [6.45, 7) is 7.84. The fourth-order valence-electron chi connectivity index (χ4n) is 2.91. The lowest BCUT2D eigenvalue weighted by Crippen LogP contribution is -2.17. The van der Waals surface area contributed by atoms with E-state index in [1.54, 1.807) is 6.07 Å². The second-order valence-electron chi connectivity index (χ2n) is 7.24. The number of H-pyrrole nitrogens is 1. The van der Waals surface area contributed by atoms with Crippen LogP contribution in [0.15, 0.2) is 47.6 Å². The van der Waals surface area contributed by atoms with Gasteiger partial charge in [-0.15, -0.1) is 0 Å². The smallest absolute Gasteiger partial charge is 0.262 e. The molecule has 0 bridgehead atoms. The Morgan fingerprint density at radius 2 is 1.79 bits per heavy atom. The van der Waals surface area contributed by atoms with Crippen molar-refractivity contribution < 1.29 is 12.8 Å². The van der Waals surface area contributed by atoms with Gasteiger partial charge in [0.25, 0.3) is 10.0 Å². The first-order valence-corrected chi connectivity index (χ1v) is 10.5. The van der Waals surface area contributed by atoms with Gasteiger partial charge in [0.15, 0.2) is 5.82 Å². The van der Waals surface area contributed by atoms with Crippen molar-refractivity contribution in [3.05, 3.63) is 59.7 Å². The summed E-state index contributed by atoms with van der Waals surface area (Å²) in [6, 6.07) is 9.53. The molecule has 6 nitrogen and oxygen atoms in total. The van der Waals surface area contributed by atoms with Crippen molar-refractivity contribution in [1.82, 2.24) is 15.2 Å². The zero-order valence-electron chi connectivity index (χ0n) is 16.2. The maximum absolute atomic E-state index is 14.4. The molecule has 0 atom stereocenters. The van der Waals surface area contributed by atoms with Gasteiger partial charge in [0.1, 0.15) is 12.1 Å². The quantitative estimate of drug-likeness (QED) is 0.628. The Bertz CT molecular complexity index is 1080. The van der Waals surface area contributed by atoms with Crippen LogP contribution >= 0.6 is 0 Å². The van der Waals surface area contributed by atoms with E-state index >= 15 is 0 Å². The Balaban J connectivity index is 2.05. The van der Waals surface area contributed by atoms with Crippen molar-refractivity contribution in [1.29, 1.82) is 0 Å². The number of aromatic amines is 1. The number of nitrogens with one attached hydrogen (secondary N) is 2. The molecule has 2 N–H and O–H groups in total. The highest BCUT2D eigenvalue weighted by Crippen LogP contribution is 2.30. The van der Waals surface area contributed by atoms with Crippen molar-refractivity contribution in [2.45, 2.75) is 44.4 Å². The van der Waals surface area contributed by atoms with Gasteiger partial charge >= 0.3 is 0 Å². The van der Waals surface area contributed by atoms with Crippen molar-refractivity contribution in [2.75, 3.05) is 4.72 Å². The first-order valence-electron chi connectivity index (χ1n) is 9.01. The van der Waals surface area contributed by atoms with Crippen LogP contribution in [0.3, 0.4) is 0 Å². The van der Waals surface area contributed by atoms with Crippen LogP contribution in [-0.2, 0) is 10.0 Å². The Kier molecular flexibility index (Phi) is 5.51. The highest BCUT2D eigenvalue weighted by molar-refractivity contribution is 7.92. The molecular formula is C20H23FN4O2S. The minimum Gasteiger partial charge on any atom is -0.277 e. The van der Waals surface area contributed by atoms with Gasteiger partial charge in [-0.3, -0.25) is 9.82 Å². The number of rotatable bonds is 6. The summed E-state index contributed by atoms with van der Waals surface area (Å²) in [5.74, 6) is -0.0806. The average Bonchev–Trinajstić information content (AvgIpc) is 3.17. The fourth-order valence-corrected chi connectivity index (χ4v) is 4.38. The molecule has 0 spiro atoms. The molecule has 3 aromatic rings. The van der Waals surface area contributed by atoms with Crippen molar-refractivity contribution in [3.63, 3.8) is 0 Å². The van der Waals surface area contributed by atoms with E-state index in [2.05, 4.69) is 19.9 Å². The van der Waals surface area contributed by atoms with Crippen LogP contribution in [0.2, 0.25) is 0 Å². The summed E-state index contributed by atoms with van der Waals surface area (Å²) < 4.78 is 43.0. The molecular weight excluding hydrogens is 379 g/mol. The van der Waals surface area contributed by atoms with Crippen molar-refractivity contribution in [2.24, 2.45) is 0 Å². The molecule has 0 saturated carbocycles. The molecule has 0 saturated heterocycles. The Hall–Kier alpha value is -2.74. The summed E-state index contributed by atoms with van der Waals surface area (Å²) in [5, 5.41) is 6.44. The topological polar surface area (TPSA) is 87.7 Å². The van der Waals surface area contributed by atoms with Gasteiger partial charge in [0.2, 0.25) is 0 Å². The van der Waals surface area contributed by atoms with Gasteiger partial charge in [0, 0.05) is 5.56 Å². The van der Waals surface area contributed by atoms with Crippen molar-refractivity contribution >= 4 is 15.7 Å². The average molecular weight is 402 g/mol. The third-order valence-electron chi connectivity index (χ3n) is 4.51. The number of sulfonamides is 1. The van der Waals surface area contributed by atoms with Gasteiger partial charge in [-0.05, 0) is 47.2 Å². The van der Waals surface area contributed by atoms with Gasteiger partial charge in [-0.2, -0.15) is 5.10 Å². The molecule has 2 aromatic carbocycles. The summed E-state index contributed by atoms with van der Waals surface area (Å²) >= 11 is 0. The van der Waals surface area contributed by atoms with Gasteiger partial charge < -0.3 is 0 Å². The molecule has 0 aliphatic rings. The Morgan fingerprint density at radius 1 is 1.04 bits per heavy atom. The van der Waals surface area contributed by atoms with Crippen LogP contribution in [-0.4, -0.2) is 23.6 Å². The third-order valence-corrected chi connectivity index (χ3v) is 5.94. The molecule has 3 rings (SSSR count). The van der Waals surface area contributed by atoms with Gasteiger partial charge in [-0.25, -0.2) is 17.8 Å². The number of aromatic nitrogens is 3. The summed E-state index contributed by atoms with van der Waals surface area (Å²) in [4.78, 5) is 4.18. The van der Waals surface area contributed by atoms with E-state index in [9.17, 15) is 12.8 Å². The first-order chi connectivity index (χ1) is 13.2. The van der Waals surface area contributed by atoms with E-state index in [0.717, 1.165) is 5.56 Å². The minimum absolute atomic E-state index is 0.00170. The molecule has 0 amide bonds. The van der Waals surface area contributed by atoms with Crippen LogP contribution in [0.5, 0.6) is 0 Å². The number of benzene rings is 2. The van der Waals surface area contributed by atoms with Crippen LogP contribution < -0.4 is 4.72 Å². The Morgan fingerprint density at radius 3 is 2.39 bits per heavy atom. The molecule has 1 aromatic heterocycles. The predicted molar refractivity (Wildman–Crippen MR) is 107 cm³/mol. The molecule has 0 radical (unpaired) electrons. The SMILES string of the molecule is CC(C)c1ccc(C(C)C)c(S(=O)(=O)Nc2cc(-c3ncn[nH]3)ccc2F)c1. The van der Waals surface area contributed by atoms with Gasteiger partial charge in [-0.1, -0.05) is 39.8 Å². The number of halogens is 1. The lowest BCUT2D eigenvalue weighted by Gasteiger charge is -2.17. The molecule has 148 valence electrons. The zero-order chi connectivity index (χ0) is 20.5. The van der Waals surface area contributed by atoms with Crippen molar-refractivity contribution in [3.8, 4) is 11.4 Å². The van der Waals surface area contributed by atoms with E-state index in [0.29, 0.717) is 17.0 Å². The number of nitrogens with zero attached hydrogens (tertiary/aromatic N) is 2. The molecule has 0 aliphatic carbocycles. The standard InChI is InChI=1S/C20H23FN4O2S/c1-12(2)14-5-7-16(13(3)4)19(10-14)28(26,27)25-18-9-15(6-8-17(18)21)20-22-11-23-24-20/h5-13,25H,1-4H3,(H,22,23,24). The van der Waals surface area contributed by atoms with E-state index in [4.69, 9.17) is 0 Å². The maximum atomic E-state index is 14.4. The molecule has 0 unspecified atom stereocenters. The normalized spacial score (nSPS) is 12.0. The number of hydrogen-bond donors (Lipinski definition) is 2. The summed E-state index contributed by atoms with van der Waals surface area (Å²) in [7, 11) is -3.99. The molecule has 0 fully saturated rings. The second kappa shape index (κ2) is 7.71. The molecule has 0 aliphatic heterocycles. The lowest BCUT2D eigenvalue weighted by molar-refractivity contribution is 0.596. The van der Waals surface area contributed by atoms with E-state index in [1.165, 1.54) is 24.5 Å². The lowest BCUT2D eigenvalue weighted by atomic mass is 9.97. The number of hydrogen-bond acceptors (Lipinski definition) is 4. The molecule has 8 heteroatoms. The Labute approximate surface area is 164 Å². The highest BCUT2D eigenvalue weighted by atomic mass is 32.2. The van der Waals surface area contributed by atoms with E-state index in [1.807, 2.05) is 39.8 Å².